The van der Waals surface area contributed by atoms with Gasteiger partial charge in [-0.25, -0.2) is 0 Å². The van der Waals surface area contributed by atoms with Crippen molar-refractivity contribution in [3.05, 3.63) is 21.9 Å². The number of aromatic nitrogens is 1. The normalized spacial score (nSPS) is 11.3. The van der Waals surface area contributed by atoms with Crippen molar-refractivity contribution in [3.63, 3.8) is 0 Å². The second-order valence-electron chi connectivity index (χ2n) is 2.74. The van der Waals surface area contributed by atoms with Crippen molar-refractivity contribution in [1.29, 1.82) is 0 Å². The Hall–Kier alpha value is -2.10. The highest BCUT2D eigenvalue weighted by atomic mass is 19.4. The number of nitro groups is 1. The van der Waals surface area contributed by atoms with Crippen LogP contribution in [0.2, 0.25) is 0 Å². The minimum absolute atomic E-state index is 0.549. The molecule has 1 aromatic rings. The number of pyridine rings is 1. The Morgan fingerprint density at radius 3 is 2.53 bits per heavy atom. The van der Waals surface area contributed by atoms with Crippen molar-refractivity contribution in [2.24, 2.45) is 0 Å². The number of ether oxygens (including phenoxy) is 1. The fraction of sp³-hybridized carbons (Fsp3) is 0.286. The second-order valence-corrected chi connectivity index (χ2v) is 2.74. The number of rotatable bonds is 3. The molecule has 0 unspecified atom stereocenters. The van der Waals surface area contributed by atoms with E-state index >= 15 is 0 Å². The van der Waals surface area contributed by atoms with E-state index in [1.807, 2.05) is 0 Å². The molecular formula is C7H5F3N2O5. The number of hydrogen-bond acceptors (Lipinski definition) is 6. The summed E-state index contributed by atoms with van der Waals surface area (Å²) in [6, 6.07) is 0. The highest BCUT2D eigenvalue weighted by Gasteiger charge is 2.37. The number of hydrogen-bond donors (Lipinski definition) is 2. The van der Waals surface area contributed by atoms with Gasteiger partial charge in [0, 0.05) is 0 Å². The molecule has 10 heteroatoms. The lowest BCUT2D eigenvalue weighted by Crippen LogP contribution is -2.19. The molecule has 0 aliphatic rings. The molecule has 0 radical (unpaired) electrons. The van der Waals surface area contributed by atoms with Crippen LogP contribution in [0.25, 0.3) is 0 Å². The van der Waals surface area contributed by atoms with Gasteiger partial charge in [-0.1, -0.05) is 0 Å². The summed E-state index contributed by atoms with van der Waals surface area (Å²) in [5.74, 6) is -3.41. The number of alkyl halides is 3. The zero-order chi connectivity index (χ0) is 13.2. The van der Waals surface area contributed by atoms with Gasteiger partial charge in [0.05, 0.1) is 12.2 Å². The monoisotopic (exact) mass is 254 g/mol. The molecule has 0 spiro atoms. The van der Waals surface area contributed by atoms with Crippen molar-refractivity contribution >= 4 is 5.82 Å². The average molecular weight is 254 g/mol. The van der Waals surface area contributed by atoms with E-state index in [4.69, 9.17) is 10.2 Å². The van der Waals surface area contributed by atoms with Crippen molar-refractivity contribution < 1.29 is 33.0 Å². The average Bonchev–Trinajstić information content (AvgIpc) is 2.15. The molecule has 0 atom stereocenters. The second kappa shape index (κ2) is 4.41. The van der Waals surface area contributed by atoms with Crippen LogP contribution in [0.5, 0.6) is 11.5 Å². The van der Waals surface area contributed by atoms with Gasteiger partial charge in [-0.2, -0.15) is 0 Å². The van der Waals surface area contributed by atoms with E-state index in [-0.39, 0.29) is 0 Å². The van der Waals surface area contributed by atoms with Crippen LogP contribution < -0.4 is 4.74 Å². The quantitative estimate of drug-likeness (QED) is 0.617. The molecule has 1 rings (SSSR count). The first-order chi connectivity index (χ1) is 7.76. The molecule has 0 aliphatic heterocycles. The molecule has 0 amide bonds. The molecule has 0 aromatic carbocycles. The molecule has 0 saturated carbocycles. The van der Waals surface area contributed by atoms with Gasteiger partial charge in [0.25, 0.3) is 0 Å². The topological polar surface area (TPSA) is 106 Å². The molecule has 1 heterocycles. The molecule has 17 heavy (non-hydrogen) atoms. The number of aliphatic hydroxyl groups excluding tert-OH is 1. The number of aromatic hydroxyl groups is 1. The van der Waals surface area contributed by atoms with Crippen LogP contribution in [0.15, 0.2) is 6.20 Å². The maximum atomic E-state index is 12.0. The minimum atomic E-state index is -5.20. The largest absolute Gasteiger partial charge is 0.573 e. The fourth-order valence-electron chi connectivity index (χ4n) is 1.02. The lowest BCUT2D eigenvalue weighted by molar-refractivity contribution is -0.393. The molecular weight excluding hydrogens is 249 g/mol. The Morgan fingerprint density at radius 1 is 1.53 bits per heavy atom. The summed E-state index contributed by atoms with van der Waals surface area (Å²) in [7, 11) is 0. The summed E-state index contributed by atoms with van der Waals surface area (Å²) >= 11 is 0. The molecule has 0 fully saturated rings. The van der Waals surface area contributed by atoms with Crippen LogP contribution in [-0.4, -0.2) is 26.5 Å². The number of aliphatic hydroxyl groups is 1. The van der Waals surface area contributed by atoms with E-state index in [0.717, 1.165) is 0 Å². The summed E-state index contributed by atoms with van der Waals surface area (Å²) in [5.41, 5.74) is -0.760. The lowest BCUT2D eigenvalue weighted by atomic mass is 10.2. The highest BCUT2D eigenvalue weighted by molar-refractivity contribution is 5.52. The van der Waals surface area contributed by atoms with Crippen LogP contribution >= 0.6 is 0 Å². The van der Waals surface area contributed by atoms with E-state index < -0.39 is 40.8 Å². The predicted molar refractivity (Wildman–Crippen MR) is 45.2 cm³/mol. The van der Waals surface area contributed by atoms with Gasteiger partial charge >= 0.3 is 12.2 Å². The molecule has 1 aromatic heterocycles. The zero-order valence-electron chi connectivity index (χ0n) is 7.93. The van der Waals surface area contributed by atoms with Gasteiger partial charge < -0.3 is 25.1 Å². The molecule has 2 N–H and O–H groups in total. The third-order valence-electron chi connectivity index (χ3n) is 1.64. The number of nitrogens with zero attached hydrogens (tertiary/aromatic N) is 2. The van der Waals surface area contributed by atoms with E-state index in [0.29, 0.717) is 6.20 Å². The van der Waals surface area contributed by atoms with Gasteiger partial charge in [0.1, 0.15) is 0 Å². The standard InChI is InChI=1S/C7H5F3N2O5/c8-7(9,10)17-5-3(2-13)4(14)1-11-6(5)12(15)16/h1,13-14H,2H2. The van der Waals surface area contributed by atoms with Crippen molar-refractivity contribution in [1.82, 2.24) is 4.98 Å². The third kappa shape index (κ3) is 2.93. The van der Waals surface area contributed by atoms with Crippen molar-refractivity contribution in [2.45, 2.75) is 13.0 Å². The van der Waals surface area contributed by atoms with E-state index in [1.54, 1.807) is 0 Å². The van der Waals surface area contributed by atoms with Gasteiger partial charge in [-0.05, 0) is 9.91 Å². The minimum Gasteiger partial charge on any atom is -0.504 e. The Morgan fingerprint density at radius 2 is 2.12 bits per heavy atom. The Balaban J connectivity index is 3.39. The summed E-state index contributed by atoms with van der Waals surface area (Å²) in [6.07, 6.45) is -4.66. The van der Waals surface area contributed by atoms with E-state index in [9.17, 15) is 23.3 Å². The summed E-state index contributed by atoms with van der Waals surface area (Å²) < 4.78 is 39.4. The van der Waals surface area contributed by atoms with Crippen LogP contribution in [0.3, 0.4) is 0 Å². The van der Waals surface area contributed by atoms with Crippen LogP contribution in [0.4, 0.5) is 19.0 Å². The Bertz CT molecular complexity index is 448. The fourth-order valence-corrected chi connectivity index (χ4v) is 1.02. The Labute approximate surface area is 91.2 Å². The summed E-state index contributed by atoms with van der Waals surface area (Å²) in [6.45, 7) is -1.07. The van der Waals surface area contributed by atoms with E-state index in [2.05, 4.69) is 9.72 Å². The summed E-state index contributed by atoms with van der Waals surface area (Å²) in [5, 5.41) is 28.3. The summed E-state index contributed by atoms with van der Waals surface area (Å²) in [4.78, 5) is 12.2. The van der Waals surface area contributed by atoms with Gasteiger partial charge in [-0.15, -0.1) is 13.2 Å². The molecule has 0 bridgehead atoms. The molecule has 7 nitrogen and oxygen atoms in total. The predicted octanol–water partition coefficient (Wildman–Crippen LogP) is 1.09. The Kier molecular flexibility index (Phi) is 3.36. The van der Waals surface area contributed by atoms with Gasteiger partial charge in [-0.3, -0.25) is 0 Å². The molecule has 0 saturated heterocycles. The van der Waals surface area contributed by atoms with Crippen LogP contribution in [0, 0.1) is 10.1 Å². The van der Waals surface area contributed by atoms with E-state index in [1.165, 1.54) is 0 Å². The van der Waals surface area contributed by atoms with Crippen LogP contribution in [0.1, 0.15) is 5.56 Å². The first-order valence-corrected chi connectivity index (χ1v) is 3.98. The van der Waals surface area contributed by atoms with Gasteiger partial charge in [0.2, 0.25) is 5.75 Å². The smallest absolute Gasteiger partial charge is 0.504 e. The first-order valence-electron chi connectivity index (χ1n) is 3.98. The number of halogens is 3. The third-order valence-corrected chi connectivity index (χ3v) is 1.64. The van der Waals surface area contributed by atoms with Gasteiger partial charge in [0.15, 0.2) is 11.9 Å². The SMILES string of the molecule is O=[N+]([O-])c1ncc(O)c(CO)c1OC(F)(F)F. The maximum Gasteiger partial charge on any atom is 0.573 e. The molecule has 94 valence electrons. The highest BCUT2D eigenvalue weighted by Crippen LogP contribution is 2.37. The zero-order valence-corrected chi connectivity index (χ0v) is 7.93. The maximum absolute atomic E-state index is 12.0. The van der Waals surface area contributed by atoms with Crippen molar-refractivity contribution in [3.8, 4) is 11.5 Å². The lowest BCUT2D eigenvalue weighted by Gasteiger charge is -2.12. The van der Waals surface area contributed by atoms with Crippen LogP contribution in [-0.2, 0) is 6.61 Å². The van der Waals surface area contributed by atoms with Crippen molar-refractivity contribution in [2.75, 3.05) is 0 Å². The first kappa shape index (κ1) is 13.0. The molecule has 0 aliphatic carbocycles.